The van der Waals surface area contributed by atoms with E-state index in [-0.39, 0.29) is 17.3 Å². The zero-order chi connectivity index (χ0) is 18.1. The standard InChI is InChI=1S/C19H23N5O2/c1-2-13-11-18(25)22-17(20-13)12-23-9-7-14(8-10-23)24-16-6-4-3-5-15(16)21-19(24)26/h3-6,11,14H,2,7-10,12H2,1H3,(H,21,26)(H,20,22,25). The molecule has 4 rings (SSSR count). The Morgan fingerprint density at radius 1 is 1.15 bits per heavy atom. The molecule has 3 aromatic rings. The van der Waals surface area contributed by atoms with E-state index in [0.29, 0.717) is 6.54 Å². The van der Waals surface area contributed by atoms with Gasteiger partial charge in [0, 0.05) is 30.9 Å². The number of piperidine rings is 1. The van der Waals surface area contributed by atoms with Crippen molar-refractivity contribution in [2.24, 2.45) is 0 Å². The van der Waals surface area contributed by atoms with E-state index < -0.39 is 0 Å². The van der Waals surface area contributed by atoms with Gasteiger partial charge in [-0.2, -0.15) is 0 Å². The monoisotopic (exact) mass is 353 g/mol. The number of aryl methyl sites for hydroxylation is 1. The van der Waals surface area contributed by atoms with Crippen molar-refractivity contribution in [3.63, 3.8) is 0 Å². The zero-order valence-corrected chi connectivity index (χ0v) is 14.9. The number of imidazole rings is 1. The van der Waals surface area contributed by atoms with E-state index in [2.05, 4.69) is 19.9 Å². The number of nitrogens with one attached hydrogen (secondary N) is 2. The molecule has 26 heavy (non-hydrogen) atoms. The molecule has 0 atom stereocenters. The van der Waals surface area contributed by atoms with Crippen molar-refractivity contribution in [3.8, 4) is 0 Å². The second-order valence-electron chi connectivity index (χ2n) is 6.86. The summed E-state index contributed by atoms with van der Waals surface area (Å²) in [6, 6.07) is 9.58. The lowest BCUT2D eigenvalue weighted by Crippen LogP contribution is -2.37. The number of hydrogen-bond donors (Lipinski definition) is 2. The van der Waals surface area contributed by atoms with E-state index in [0.717, 1.165) is 54.9 Å². The second kappa shape index (κ2) is 6.92. The normalized spacial score (nSPS) is 16.3. The molecule has 3 heterocycles. The summed E-state index contributed by atoms with van der Waals surface area (Å²) < 4.78 is 1.89. The summed E-state index contributed by atoms with van der Waals surface area (Å²) in [6.07, 6.45) is 2.56. The first-order valence-electron chi connectivity index (χ1n) is 9.14. The molecule has 1 saturated heterocycles. The third-order valence-electron chi connectivity index (χ3n) is 5.13. The smallest absolute Gasteiger partial charge is 0.309 e. The molecule has 136 valence electrons. The van der Waals surface area contributed by atoms with Gasteiger partial charge in [-0.1, -0.05) is 19.1 Å². The predicted molar refractivity (Wildman–Crippen MR) is 100 cm³/mol. The van der Waals surface area contributed by atoms with Crippen molar-refractivity contribution in [1.82, 2.24) is 24.4 Å². The predicted octanol–water partition coefficient (Wildman–Crippen LogP) is 1.81. The van der Waals surface area contributed by atoms with Gasteiger partial charge in [-0.05, 0) is 31.4 Å². The van der Waals surface area contributed by atoms with Crippen LogP contribution in [0.5, 0.6) is 0 Å². The SMILES string of the molecule is CCc1cc(=O)[nH]c(CN2CCC(n3c(=O)[nH]c4ccccc43)CC2)n1. The molecule has 0 amide bonds. The summed E-state index contributed by atoms with van der Waals surface area (Å²) >= 11 is 0. The van der Waals surface area contributed by atoms with Crippen molar-refractivity contribution in [2.75, 3.05) is 13.1 Å². The van der Waals surface area contributed by atoms with Crippen LogP contribution in [-0.4, -0.2) is 37.5 Å². The van der Waals surface area contributed by atoms with Gasteiger partial charge in [0.15, 0.2) is 0 Å². The Bertz CT molecular complexity index is 1020. The van der Waals surface area contributed by atoms with Crippen molar-refractivity contribution >= 4 is 11.0 Å². The number of benzene rings is 1. The first kappa shape index (κ1) is 16.8. The Hall–Kier alpha value is -2.67. The number of H-pyrrole nitrogens is 2. The van der Waals surface area contributed by atoms with E-state index in [1.165, 1.54) is 0 Å². The molecule has 0 aliphatic carbocycles. The van der Waals surface area contributed by atoms with Gasteiger partial charge in [0.2, 0.25) is 0 Å². The van der Waals surface area contributed by atoms with E-state index >= 15 is 0 Å². The van der Waals surface area contributed by atoms with Gasteiger partial charge in [-0.3, -0.25) is 14.3 Å². The molecule has 7 heteroatoms. The van der Waals surface area contributed by atoms with Crippen LogP contribution < -0.4 is 11.2 Å². The van der Waals surface area contributed by atoms with E-state index in [1.807, 2.05) is 35.8 Å². The minimum atomic E-state index is -0.0907. The minimum Gasteiger partial charge on any atom is -0.309 e. The lowest BCUT2D eigenvalue weighted by Gasteiger charge is -2.32. The first-order valence-corrected chi connectivity index (χ1v) is 9.14. The molecule has 0 bridgehead atoms. The Kier molecular flexibility index (Phi) is 4.46. The van der Waals surface area contributed by atoms with E-state index in [4.69, 9.17) is 0 Å². The molecule has 1 aliphatic heterocycles. The summed E-state index contributed by atoms with van der Waals surface area (Å²) in [5.41, 5.74) is 2.55. The second-order valence-corrected chi connectivity index (χ2v) is 6.86. The van der Waals surface area contributed by atoms with E-state index in [1.54, 1.807) is 6.07 Å². The Morgan fingerprint density at radius 2 is 1.92 bits per heavy atom. The maximum absolute atomic E-state index is 12.4. The minimum absolute atomic E-state index is 0.0358. The van der Waals surface area contributed by atoms with Crippen LogP contribution >= 0.6 is 0 Å². The maximum Gasteiger partial charge on any atom is 0.326 e. The van der Waals surface area contributed by atoms with Gasteiger partial charge in [-0.15, -0.1) is 0 Å². The molecule has 0 saturated carbocycles. The van der Waals surface area contributed by atoms with Crippen molar-refractivity contribution < 1.29 is 0 Å². The Labute approximate surface area is 150 Å². The fourth-order valence-electron chi connectivity index (χ4n) is 3.80. The number of likely N-dealkylation sites (tertiary alicyclic amines) is 1. The molecule has 7 nitrogen and oxygen atoms in total. The van der Waals surface area contributed by atoms with Crippen molar-refractivity contribution in [1.29, 1.82) is 0 Å². The molecular weight excluding hydrogens is 330 g/mol. The molecule has 2 N–H and O–H groups in total. The van der Waals surface area contributed by atoms with Gasteiger partial charge in [-0.25, -0.2) is 9.78 Å². The molecule has 1 fully saturated rings. The number of aromatic amines is 2. The molecular formula is C19H23N5O2. The fraction of sp³-hybridized carbons (Fsp3) is 0.421. The number of fused-ring (bicyclic) bond motifs is 1. The van der Waals surface area contributed by atoms with Gasteiger partial charge in [0.25, 0.3) is 5.56 Å². The quantitative estimate of drug-likeness (QED) is 0.749. The third kappa shape index (κ3) is 3.22. The lowest BCUT2D eigenvalue weighted by atomic mass is 10.0. The highest BCUT2D eigenvalue weighted by molar-refractivity contribution is 5.75. The summed E-state index contributed by atoms with van der Waals surface area (Å²) in [4.78, 5) is 36.7. The molecule has 1 aromatic carbocycles. The van der Waals surface area contributed by atoms with Crippen molar-refractivity contribution in [3.05, 3.63) is 62.7 Å². The Morgan fingerprint density at radius 3 is 2.69 bits per heavy atom. The van der Waals surface area contributed by atoms with Crippen LogP contribution in [-0.2, 0) is 13.0 Å². The summed E-state index contributed by atoms with van der Waals surface area (Å²) in [5.74, 6) is 0.720. The van der Waals surface area contributed by atoms with Gasteiger partial charge in [0.05, 0.1) is 17.6 Å². The maximum atomic E-state index is 12.4. The number of nitrogens with zero attached hydrogens (tertiary/aromatic N) is 3. The number of rotatable bonds is 4. The molecule has 0 spiro atoms. The highest BCUT2D eigenvalue weighted by Crippen LogP contribution is 2.25. The van der Waals surface area contributed by atoms with Gasteiger partial charge < -0.3 is 9.97 Å². The van der Waals surface area contributed by atoms with Crippen LogP contribution in [0.2, 0.25) is 0 Å². The first-order chi connectivity index (χ1) is 12.6. The number of hydrogen-bond acceptors (Lipinski definition) is 4. The van der Waals surface area contributed by atoms with Gasteiger partial charge in [0.1, 0.15) is 5.82 Å². The molecule has 2 aromatic heterocycles. The van der Waals surface area contributed by atoms with Crippen LogP contribution in [0.3, 0.4) is 0 Å². The summed E-state index contributed by atoms with van der Waals surface area (Å²) in [7, 11) is 0. The topological polar surface area (TPSA) is 86.8 Å². The van der Waals surface area contributed by atoms with Crippen LogP contribution in [0, 0.1) is 0 Å². The van der Waals surface area contributed by atoms with Crippen molar-refractivity contribution in [2.45, 2.75) is 38.8 Å². The van der Waals surface area contributed by atoms with Crippen LogP contribution in [0.15, 0.2) is 39.9 Å². The fourth-order valence-corrected chi connectivity index (χ4v) is 3.80. The lowest BCUT2D eigenvalue weighted by molar-refractivity contribution is 0.176. The van der Waals surface area contributed by atoms with E-state index in [9.17, 15) is 9.59 Å². The third-order valence-corrected chi connectivity index (χ3v) is 5.13. The number of aromatic nitrogens is 4. The average Bonchev–Trinajstić information content (AvgIpc) is 2.97. The summed E-state index contributed by atoms with van der Waals surface area (Å²) in [5, 5.41) is 0. The largest absolute Gasteiger partial charge is 0.326 e. The highest BCUT2D eigenvalue weighted by atomic mass is 16.1. The van der Waals surface area contributed by atoms with Crippen LogP contribution in [0.4, 0.5) is 0 Å². The van der Waals surface area contributed by atoms with Gasteiger partial charge >= 0.3 is 5.69 Å². The van der Waals surface area contributed by atoms with Crippen LogP contribution in [0.1, 0.15) is 37.3 Å². The number of para-hydroxylation sites is 2. The van der Waals surface area contributed by atoms with Crippen LogP contribution in [0.25, 0.3) is 11.0 Å². The molecule has 1 aliphatic rings. The molecule has 0 radical (unpaired) electrons. The zero-order valence-electron chi connectivity index (χ0n) is 14.9. The average molecular weight is 353 g/mol. The summed E-state index contributed by atoms with van der Waals surface area (Å²) in [6.45, 7) is 4.38. The Balaban J connectivity index is 1.47. The molecule has 0 unspecified atom stereocenters. The highest BCUT2D eigenvalue weighted by Gasteiger charge is 2.24.